The summed E-state index contributed by atoms with van der Waals surface area (Å²) in [5, 5.41) is 8.75. The molecule has 17 heavy (non-hydrogen) atoms. The van der Waals surface area contributed by atoms with Gasteiger partial charge in [0.05, 0.1) is 6.42 Å². The summed E-state index contributed by atoms with van der Waals surface area (Å²) in [6.07, 6.45) is -0.107. The highest BCUT2D eigenvalue weighted by molar-refractivity contribution is 5.68. The first kappa shape index (κ1) is 13.5. The van der Waals surface area contributed by atoms with Crippen LogP contribution in [0.25, 0.3) is 0 Å². The van der Waals surface area contributed by atoms with E-state index < -0.39 is 12.0 Å². The van der Waals surface area contributed by atoms with Crippen molar-refractivity contribution in [2.45, 2.75) is 38.8 Å². The molecule has 4 nitrogen and oxygen atoms in total. The van der Waals surface area contributed by atoms with Crippen LogP contribution in [-0.2, 0) is 4.79 Å². The fraction of sp³-hybridized carbons (Fsp3) is 0.462. The Morgan fingerprint density at radius 1 is 1.41 bits per heavy atom. The molecule has 0 aliphatic heterocycles. The molecule has 4 heteroatoms. The third-order valence-electron chi connectivity index (χ3n) is 2.13. The molecule has 0 aliphatic carbocycles. The summed E-state index contributed by atoms with van der Waals surface area (Å²) in [6, 6.07) is 6.73. The van der Waals surface area contributed by atoms with Crippen LogP contribution < -0.4 is 10.5 Å². The van der Waals surface area contributed by atoms with Crippen LogP contribution in [0.2, 0.25) is 0 Å². The Morgan fingerprint density at radius 3 is 2.53 bits per heavy atom. The van der Waals surface area contributed by atoms with Crippen molar-refractivity contribution >= 4 is 5.97 Å². The van der Waals surface area contributed by atoms with Crippen molar-refractivity contribution in [2.24, 2.45) is 5.73 Å². The molecule has 0 amide bonds. The number of hydrogen-bond acceptors (Lipinski definition) is 3. The Bertz CT molecular complexity index is 396. The second-order valence-electron chi connectivity index (χ2n) is 4.96. The number of nitrogens with two attached hydrogens (primary N) is 1. The summed E-state index contributed by atoms with van der Waals surface area (Å²) >= 11 is 0. The number of carboxylic acids is 1. The van der Waals surface area contributed by atoms with Crippen LogP contribution in [0.3, 0.4) is 0 Å². The van der Waals surface area contributed by atoms with Crippen LogP contribution in [0.1, 0.15) is 38.8 Å². The minimum absolute atomic E-state index is 0.107. The van der Waals surface area contributed by atoms with Gasteiger partial charge in [-0.1, -0.05) is 18.2 Å². The number of ether oxygens (including phenoxy) is 1. The van der Waals surface area contributed by atoms with Crippen molar-refractivity contribution in [2.75, 3.05) is 0 Å². The van der Waals surface area contributed by atoms with Gasteiger partial charge in [-0.25, -0.2) is 0 Å². The van der Waals surface area contributed by atoms with Gasteiger partial charge in [-0.3, -0.25) is 4.79 Å². The predicted octanol–water partition coefficient (Wildman–Crippen LogP) is 2.34. The van der Waals surface area contributed by atoms with Gasteiger partial charge in [0.15, 0.2) is 0 Å². The van der Waals surface area contributed by atoms with Crippen LogP contribution in [0.15, 0.2) is 24.3 Å². The fourth-order valence-corrected chi connectivity index (χ4v) is 1.51. The maximum Gasteiger partial charge on any atom is 0.305 e. The Morgan fingerprint density at radius 2 is 2.00 bits per heavy atom. The molecule has 1 unspecified atom stereocenters. The van der Waals surface area contributed by atoms with Gasteiger partial charge in [0.25, 0.3) is 0 Å². The Balaban J connectivity index is 2.95. The second kappa shape index (κ2) is 5.19. The smallest absolute Gasteiger partial charge is 0.305 e. The van der Waals surface area contributed by atoms with Gasteiger partial charge in [-0.15, -0.1) is 0 Å². The molecule has 94 valence electrons. The van der Waals surface area contributed by atoms with E-state index >= 15 is 0 Å². The molecular weight excluding hydrogens is 218 g/mol. The topological polar surface area (TPSA) is 72.5 Å². The van der Waals surface area contributed by atoms with E-state index in [1.54, 1.807) is 6.07 Å². The maximum atomic E-state index is 10.7. The average Bonchev–Trinajstić information content (AvgIpc) is 2.14. The van der Waals surface area contributed by atoms with Gasteiger partial charge >= 0.3 is 5.97 Å². The second-order valence-corrected chi connectivity index (χ2v) is 4.96. The zero-order valence-corrected chi connectivity index (χ0v) is 10.4. The van der Waals surface area contributed by atoms with Gasteiger partial charge in [0, 0.05) is 11.6 Å². The van der Waals surface area contributed by atoms with E-state index in [-0.39, 0.29) is 12.0 Å². The number of hydrogen-bond donors (Lipinski definition) is 2. The van der Waals surface area contributed by atoms with Crippen LogP contribution >= 0.6 is 0 Å². The van der Waals surface area contributed by atoms with E-state index in [1.807, 2.05) is 39.0 Å². The first-order valence-electron chi connectivity index (χ1n) is 5.55. The van der Waals surface area contributed by atoms with E-state index in [9.17, 15) is 4.79 Å². The molecule has 0 aliphatic rings. The quantitative estimate of drug-likeness (QED) is 0.843. The van der Waals surface area contributed by atoms with Crippen LogP contribution in [0.5, 0.6) is 5.75 Å². The zero-order valence-electron chi connectivity index (χ0n) is 10.4. The highest BCUT2D eigenvalue weighted by Gasteiger charge is 2.19. The zero-order chi connectivity index (χ0) is 13.1. The molecule has 1 aromatic rings. The van der Waals surface area contributed by atoms with Crippen molar-refractivity contribution in [3.8, 4) is 5.75 Å². The minimum atomic E-state index is -0.914. The SMILES string of the molecule is CC(C)(C)Oc1ccccc1C(N)CC(=O)O. The lowest BCUT2D eigenvalue weighted by Gasteiger charge is -2.24. The van der Waals surface area contributed by atoms with Crippen LogP contribution in [0.4, 0.5) is 0 Å². The van der Waals surface area contributed by atoms with Crippen molar-refractivity contribution in [3.05, 3.63) is 29.8 Å². The minimum Gasteiger partial charge on any atom is -0.488 e. The average molecular weight is 237 g/mol. The standard InChI is InChI=1S/C13H19NO3/c1-13(2,3)17-11-7-5-4-6-9(11)10(14)8-12(15)16/h4-7,10H,8,14H2,1-3H3,(H,15,16). The lowest BCUT2D eigenvalue weighted by molar-refractivity contribution is -0.137. The molecule has 0 heterocycles. The molecule has 0 fully saturated rings. The monoisotopic (exact) mass is 237 g/mol. The molecule has 0 radical (unpaired) electrons. The van der Waals surface area contributed by atoms with Gasteiger partial charge in [-0.05, 0) is 26.8 Å². The summed E-state index contributed by atoms with van der Waals surface area (Å²) in [7, 11) is 0. The normalized spacial score (nSPS) is 13.2. The van der Waals surface area contributed by atoms with Crippen molar-refractivity contribution in [1.82, 2.24) is 0 Å². The first-order chi connectivity index (χ1) is 7.79. The van der Waals surface area contributed by atoms with Gasteiger partial charge in [0.2, 0.25) is 0 Å². The summed E-state index contributed by atoms with van der Waals surface area (Å²) in [5.74, 6) is -0.267. The van der Waals surface area contributed by atoms with Gasteiger partial charge in [0.1, 0.15) is 11.4 Å². The predicted molar refractivity (Wildman–Crippen MR) is 66.0 cm³/mol. The molecule has 1 atom stereocenters. The van der Waals surface area contributed by atoms with Crippen molar-refractivity contribution in [1.29, 1.82) is 0 Å². The lowest BCUT2D eigenvalue weighted by Crippen LogP contribution is -2.25. The molecule has 0 aromatic heterocycles. The molecule has 3 N–H and O–H groups in total. The molecule has 1 aromatic carbocycles. The molecule has 0 spiro atoms. The molecular formula is C13H19NO3. The number of aliphatic carboxylic acids is 1. The molecule has 1 rings (SSSR count). The third-order valence-corrected chi connectivity index (χ3v) is 2.13. The molecule has 0 bridgehead atoms. The van der Waals surface area contributed by atoms with Crippen molar-refractivity contribution < 1.29 is 14.6 Å². The van der Waals surface area contributed by atoms with E-state index in [1.165, 1.54) is 0 Å². The largest absolute Gasteiger partial charge is 0.488 e. The fourth-order valence-electron chi connectivity index (χ4n) is 1.51. The third kappa shape index (κ3) is 4.44. The maximum absolute atomic E-state index is 10.7. The Hall–Kier alpha value is -1.55. The number of carbonyl (C=O) groups is 1. The summed E-state index contributed by atoms with van der Waals surface area (Å²) in [4.78, 5) is 10.7. The lowest BCUT2D eigenvalue weighted by atomic mass is 10.0. The van der Waals surface area contributed by atoms with Gasteiger partial charge in [-0.2, -0.15) is 0 Å². The van der Waals surface area contributed by atoms with E-state index in [4.69, 9.17) is 15.6 Å². The van der Waals surface area contributed by atoms with E-state index in [0.717, 1.165) is 5.56 Å². The number of benzene rings is 1. The van der Waals surface area contributed by atoms with Crippen molar-refractivity contribution in [3.63, 3.8) is 0 Å². The van der Waals surface area contributed by atoms with E-state index in [2.05, 4.69) is 0 Å². The van der Waals surface area contributed by atoms with E-state index in [0.29, 0.717) is 5.75 Å². The highest BCUT2D eigenvalue weighted by Crippen LogP contribution is 2.28. The molecule has 0 saturated carbocycles. The van der Waals surface area contributed by atoms with Crippen LogP contribution in [-0.4, -0.2) is 16.7 Å². The highest BCUT2D eigenvalue weighted by atomic mass is 16.5. The first-order valence-corrected chi connectivity index (χ1v) is 5.55. The van der Waals surface area contributed by atoms with Gasteiger partial charge < -0.3 is 15.6 Å². The number of rotatable bonds is 4. The Kier molecular flexibility index (Phi) is 4.12. The Labute approximate surface area is 101 Å². The summed E-state index contributed by atoms with van der Waals surface area (Å²) in [6.45, 7) is 5.81. The molecule has 0 saturated heterocycles. The summed E-state index contributed by atoms with van der Waals surface area (Å²) < 4.78 is 5.76. The number of carboxylic acid groups (broad SMARTS) is 1. The van der Waals surface area contributed by atoms with Crippen LogP contribution in [0, 0.1) is 0 Å². The number of para-hydroxylation sites is 1. The summed E-state index contributed by atoms with van der Waals surface area (Å²) in [5.41, 5.74) is 6.25.